The van der Waals surface area contributed by atoms with E-state index in [1.165, 1.54) is 0 Å². The van der Waals surface area contributed by atoms with Crippen molar-refractivity contribution >= 4 is 28.1 Å². The molecule has 2 aromatic rings. The molecule has 14 heavy (non-hydrogen) atoms. The SMILES string of the molecule is S=c1cc[nH]c(-c2ccc(Br)cc2)c1. The molecule has 0 spiro atoms. The summed E-state index contributed by atoms with van der Waals surface area (Å²) in [5, 5.41) is 0. The van der Waals surface area contributed by atoms with Gasteiger partial charge in [0.15, 0.2) is 0 Å². The first-order chi connectivity index (χ1) is 6.75. The van der Waals surface area contributed by atoms with Crippen LogP contribution in [-0.2, 0) is 0 Å². The molecule has 1 aromatic heterocycles. The summed E-state index contributed by atoms with van der Waals surface area (Å²) in [7, 11) is 0. The summed E-state index contributed by atoms with van der Waals surface area (Å²) < 4.78 is 1.93. The summed E-state index contributed by atoms with van der Waals surface area (Å²) in [6.07, 6.45) is 1.86. The van der Waals surface area contributed by atoms with Gasteiger partial charge in [0.25, 0.3) is 0 Å². The summed E-state index contributed by atoms with van der Waals surface area (Å²) in [5.74, 6) is 0. The van der Waals surface area contributed by atoms with Crippen LogP contribution in [0.2, 0.25) is 0 Å². The average Bonchev–Trinajstić information content (AvgIpc) is 2.19. The van der Waals surface area contributed by atoms with Gasteiger partial charge in [0.05, 0.1) is 0 Å². The fraction of sp³-hybridized carbons (Fsp3) is 0. The molecule has 1 aromatic carbocycles. The minimum Gasteiger partial charge on any atom is -0.361 e. The number of nitrogens with one attached hydrogen (secondary N) is 1. The van der Waals surface area contributed by atoms with Gasteiger partial charge in [0.2, 0.25) is 0 Å². The molecule has 0 radical (unpaired) electrons. The van der Waals surface area contributed by atoms with Crippen molar-refractivity contribution in [3.63, 3.8) is 0 Å². The lowest BCUT2D eigenvalue weighted by atomic mass is 10.1. The standard InChI is InChI=1S/C11H8BrNS/c12-9-3-1-8(2-4-9)11-7-10(14)5-6-13-11/h1-7H,(H,13,14). The summed E-state index contributed by atoms with van der Waals surface area (Å²) in [5.41, 5.74) is 2.19. The van der Waals surface area contributed by atoms with Crippen LogP contribution in [-0.4, -0.2) is 4.98 Å². The second-order valence-electron chi connectivity index (χ2n) is 2.94. The quantitative estimate of drug-likeness (QED) is 0.766. The van der Waals surface area contributed by atoms with Crippen molar-refractivity contribution in [2.24, 2.45) is 0 Å². The zero-order valence-corrected chi connectivity index (χ0v) is 9.73. The minimum atomic E-state index is 0.849. The van der Waals surface area contributed by atoms with Gasteiger partial charge >= 0.3 is 0 Å². The normalized spacial score (nSPS) is 10.1. The highest BCUT2D eigenvalue weighted by molar-refractivity contribution is 9.10. The van der Waals surface area contributed by atoms with Crippen LogP contribution in [0.4, 0.5) is 0 Å². The van der Waals surface area contributed by atoms with Crippen LogP contribution < -0.4 is 0 Å². The summed E-state index contributed by atoms with van der Waals surface area (Å²) in [6.45, 7) is 0. The highest BCUT2D eigenvalue weighted by atomic mass is 79.9. The third-order valence-electron chi connectivity index (χ3n) is 1.93. The molecule has 0 bridgehead atoms. The van der Waals surface area contributed by atoms with Crippen molar-refractivity contribution in [1.82, 2.24) is 4.98 Å². The van der Waals surface area contributed by atoms with Gasteiger partial charge in [-0.1, -0.05) is 40.3 Å². The van der Waals surface area contributed by atoms with Crippen molar-refractivity contribution in [3.05, 3.63) is 51.6 Å². The molecule has 0 amide bonds. The number of hydrogen-bond donors (Lipinski definition) is 1. The Morgan fingerprint density at radius 1 is 1.07 bits per heavy atom. The lowest BCUT2D eigenvalue weighted by Crippen LogP contribution is -1.81. The van der Waals surface area contributed by atoms with E-state index in [4.69, 9.17) is 12.2 Å². The highest BCUT2D eigenvalue weighted by Gasteiger charge is 1.96. The predicted molar refractivity (Wildman–Crippen MR) is 64.8 cm³/mol. The van der Waals surface area contributed by atoms with Gasteiger partial charge in [-0.25, -0.2) is 0 Å². The lowest BCUT2D eigenvalue weighted by Gasteiger charge is -2.01. The van der Waals surface area contributed by atoms with Crippen molar-refractivity contribution in [2.75, 3.05) is 0 Å². The number of aromatic amines is 1. The molecule has 70 valence electrons. The number of halogens is 1. The summed E-state index contributed by atoms with van der Waals surface area (Å²) in [4.78, 5) is 3.16. The number of hydrogen-bond acceptors (Lipinski definition) is 1. The molecule has 1 N–H and O–H groups in total. The number of pyridine rings is 1. The van der Waals surface area contributed by atoms with Crippen molar-refractivity contribution in [2.45, 2.75) is 0 Å². The summed E-state index contributed by atoms with van der Waals surface area (Å²) in [6, 6.07) is 11.9. The molecule has 1 nitrogen and oxygen atoms in total. The maximum atomic E-state index is 5.10. The van der Waals surface area contributed by atoms with Crippen molar-refractivity contribution in [3.8, 4) is 11.3 Å². The lowest BCUT2D eigenvalue weighted by molar-refractivity contribution is 1.32. The highest BCUT2D eigenvalue weighted by Crippen LogP contribution is 2.19. The van der Waals surface area contributed by atoms with E-state index in [9.17, 15) is 0 Å². The van der Waals surface area contributed by atoms with Gasteiger partial charge in [-0.15, -0.1) is 0 Å². The van der Waals surface area contributed by atoms with E-state index in [1.54, 1.807) is 0 Å². The molecular formula is C11H8BrNS. The van der Waals surface area contributed by atoms with Gasteiger partial charge in [0, 0.05) is 20.9 Å². The molecule has 1 heterocycles. The molecule has 0 aliphatic carbocycles. The minimum absolute atomic E-state index is 0.849. The molecule has 0 saturated heterocycles. The molecule has 2 rings (SSSR count). The van der Waals surface area contributed by atoms with E-state index in [1.807, 2.05) is 42.6 Å². The maximum Gasteiger partial charge on any atom is 0.0467 e. The van der Waals surface area contributed by atoms with Crippen LogP contribution in [0.3, 0.4) is 0 Å². The Morgan fingerprint density at radius 2 is 1.79 bits per heavy atom. The fourth-order valence-corrected chi connectivity index (χ4v) is 1.69. The van der Waals surface area contributed by atoms with E-state index >= 15 is 0 Å². The Bertz CT molecular complexity index is 487. The monoisotopic (exact) mass is 265 g/mol. The van der Waals surface area contributed by atoms with E-state index in [2.05, 4.69) is 20.9 Å². The zero-order valence-electron chi connectivity index (χ0n) is 7.33. The predicted octanol–water partition coefficient (Wildman–Crippen LogP) is 4.17. The average molecular weight is 266 g/mol. The number of rotatable bonds is 1. The van der Waals surface area contributed by atoms with E-state index in [0.717, 1.165) is 20.2 Å². The Kier molecular flexibility index (Phi) is 2.79. The third kappa shape index (κ3) is 2.11. The zero-order chi connectivity index (χ0) is 9.97. The molecule has 0 atom stereocenters. The van der Waals surface area contributed by atoms with Gasteiger partial charge in [0.1, 0.15) is 0 Å². The van der Waals surface area contributed by atoms with Crippen LogP contribution in [0.5, 0.6) is 0 Å². The first-order valence-electron chi connectivity index (χ1n) is 4.20. The topological polar surface area (TPSA) is 15.8 Å². The molecule has 3 heteroatoms. The van der Waals surface area contributed by atoms with Gasteiger partial charge in [-0.2, -0.15) is 0 Å². The van der Waals surface area contributed by atoms with E-state index in [0.29, 0.717) is 0 Å². The Morgan fingerprint density at radius 3 is 2.43 bits per heavy atom. The van der Waals surface area contributed by atoms with Crippen LogP contribution in [0.15, 0.2) is 47.1 Å². The first-order valence-corrected chi connectivity index (χ1v) is 5.40. The number of aromatic nitrogens is 1. The second kappa shape index (κ2) is 4.07. The number of H-pyrrole nitrogens is 1. The molecule has 0 saturated carbocycles. The smallest absolute Gasteiger partial charge is 0.0467 e. The maximum absolute atomic E-state index is 5.10. The Labute approximate surface area is 95.9 Å². The van der Waals surface area contributed by atoms with E-state index in [-0.39, 0.29) is 0 Å². The molecule has 0 unspecified atom stereocenters. The van der Waals surface area contributed by atoms with Crippen LogP contribution >= 0.6 is 28.1 Å². The van der Waals surface area contributed by atoms with Crippen LogP contribution in [0.25, 0.3) is 11.3 Å². The van der Waals surface area contributed by atoms with Gasteiger partial charge < -0.3 is 4.98 Å². The Hall–Kier alpha value is -0.930. The summed E-state index contributed by atoms with van der Waals surface area (Å²) >= 11 is 8.50. The largest absolute Gasteiger partial charge is 0.361 e. The van der Waals surface area contributed by atoms with Gasteiger partial charge in [-0.3, -0.25) is 0 Å². The molecule has 0 aliphatic heterocycles. The van der Waals surface area contributed by atoms with Crippen molar-refractivity contribution < 1.29 is 0 Å². The van der Waals surface area contributed by atoms with Crippen LogP contribution in [0, 0.1) is 4.51 Å². The third-order valence-corrected chi connectivity index (χ3v) is 2.71. The first kappa shape index (κ1) is 9.62. The van der Waals surface area contributed by atoms with Crippen LogP contribution in [0.1, 0.15) is 0 Å². The number of benzene rings is 1. The fourth-order valence-electron chi connectivity index (χ4n) is 1.24. The molecule has 0 aliphatic rings. The van der Waals surface area contributed by atoms with Gasteiger partial charge in [-0.05, 0) is 29.8 Å². The molecule has 0 fully saturated rings. The molecular weight excluding hydrogens is 258 g/mol. The Balaban J connectivity index is 2.50. The second-order valence-corrected chi connectivity index (χ2v) is 4.33. The van der Waals surface area contributed by atoms with Crippen molar-refractivity contribution in [1.29, 1.82) is 0 Å². The van der Waals surface area contributed by atoms with E-state index < -0.39 is 0 Å².